The van der Waals surface area contributed by atoms with E-state index in [4.69, 9.17) is 5.26 Å². The zero-order valence-corrected chi connectivity index (χ0v) is 12.3. The third-order valence-corrected chi connectivity index (χ3v) is 4.73. The molecule has 2 nitrogen and oxygen atoms in total. The smallest absolute Gasteiger partial charge is 0.0683 e. The maximum atomic E-state index is 8.93. The number of thioether (sulfide) groups is 1. The Labute approximate surface area is 111 Å². The topological polar surface area (TPSA) is 35.8 Å². The van der Waals surface area contributed by atoms with Gasteiger partial charge in [-0.1, -0.05) is 6.92 Å². The Morgan fingerprint density at radius 1 is 1.41 bits per heavy atom. The van der Waals surface area contributed by atoms with Crippen LogP contribution in [0.5, 0.6) is 0 Å². The van der Waals surface area contributed by atoms with Gasteiger partial charge in [0, 0.05) is 11.3 Å². The molecule has 1 aliphatic carbocycles. The molecule has 2 unspecified atom stereocenters. The van der Waals surface area contributed by atoms with E-state index < -0.39 is 0 Å². The van der Waals surface area contributed by atoms with E-state index in [0.29, 0.717) is 0 Å². The van der Waals surface area contributed by atoms with Gasteiger partial charge in [0.05, 0.1) is 11.5 Å². The van der Waals surface area contributed by atoms with E-state index in [2.05, 4.69) is 30.1 Å². The van der Waals surface area contributed by atoms with Gasteiger partial charge in [0.15, 0.2) is 0 Å². The van der Waals surface area contributed by atoms with Gasteiger partial charge in [-0.3, -0.25) is 0 Å². The summed E-state index contributed by atoms with van der Waals surface area (Å²) >= 11 is 2.11. The molecule has 0 saturated heterocycles. The first-order valence-corrected chi connectivity index (χ1v) is 7.88. The summed E-state index contributed by atoms with van der Waals surface area (Å²) in [4.78, 5) is 0. The van der Waals surface area contributed by atoms with Crippen LogP contribution in [0.3, 0.4) is 0 Å². The van der Waals surface area contributed by atoms with Crippen molar-refractivity contribution in [2.75, 3.05) is 12.3 Å². The maximum absolute atomic E-state index is 8.93. The van der Waals surface area contributed by atoms with Crippen LogP contribution in [0.15, 0.2) is 0 Å². The van der Waals surface area contributed by atoms with Crippen LogP contribution >= 0.6 is 11.8 Å². The van der Waals surface area contributed by atoms with Gasteiger partial charge < -0.3 is 5.32 Å². The number of hydrogen-bond acceptors (Lipinski definition) is 3. The zero-order chi connectivity index (χ0) is 12.7. The molecule has 0 aromatic carbocycles. The van der Waals surface area contributed by atoms with Crippen LogP contribution in [0, 0.1) is 16.7 Å². The van der Waals surface area contributed by atoms with Crippen LogP contribution < -0.4 is 5.32 Å². The van der Waals surface area contributed by atoms with Crippen LogP contribution in [-0.2, 0) is 0 Å². The predicted octanol–water partition coefficient (Wildman–Crippen LogP) is 3.58. The molecule has 0 bridgehead atoms. The Hall–Kier alpha value is -0.200. The van der Waals surface area contributed by atoms with Crippen molar-refractivity contribution in [3.8, 4) is 6.07 Å². The van der Waals surface area contributed by atoms with Crippen LogP contribution in [0.1, 0.15) is 52.9 Å². The summed E-state index contributed by atoms with van der Waals surface area (Å²) in [5.74, 6) is 1.24. The van der Waals surface area contributed by atoms with Gasteiger partial charge in [-0.15, -0.1) is 0 Å². The van der Waals surface area contributed by atoms with Crippen molar-refractivity contribution in [2.45, 2.75) is 64.2 Å². The van der Waals surface area contributed by atoms with Crippen LogP contribution in [0.25, 0.3) is 0 Å². The molecule has 0 amide bonds. The molecule has 1 aliphatic rings. The number of nitriles is 1. The van der Waals surface area contributed by atoms with Crippen molar-refractivity contribution in [3.05, 3.63) is 0 Å². The van der Waals surface area contributed by atoms with E-state index in [0.717, 1.165) is 30.7 Å². The van der Waals surface area contributed by atoms with E-state index in [1.54, 1.807) is 0 Å². The molecule has 0 radical (unpaired) electrons. The number of nitrogens with zero attached hydrogens (tertiary/aromatic N) is 1. The largest absolute Gasteiger partial charge is 0.314 e. The number of nitrogens with one attached hydrogen (secondary N) is 1. The van der Waals surface area contributed by atoms with Gasteiger partial charge in [-0.05, 0) is 58.2 Å². The second-order valence-electron chi connectivity index (χ2n) is 5.64. The molecule has 3 heteroatoms. The second-order valence-corrected chi connectivity index (χ2v) is 7.22. The van der Waals surface area contributed by atoms with Crippen molar-refractivity contribution >= 4 is 11.8 Å². The molecule has 0 aromatic heterocycles. The summed E-state index contributed by atoms with van der Waals surface area (Å²) in [5, 5.41) is 13.5. The molecule has 1 fully saturated rings. The Morgan fingerprint density at radius 3 is 2.82 bits per heavy atom. The first kappa shape index (κ1) is 14.9. The highest BCUT2D eigenvalue weighted by Crippen LogP contribution is 2.29. The summed E-state index contributed by atoms with van der Waals surface area (Å²) in [7, 11) is 0. The molecule has 1 N–H and O–H groups in total. The van der Waals surface area contributed by atoms with E-state index >= 15 is 0 Å². The number of rotatable bonds is 7. The molecule has 0 spiro atoms. The Balaban J connectivity index is 2.07. The molecule has 0 aromatic rings. The first-order chi connectivity index (χ1) is 8.07. The highest BCUT2D eigenvalue weighted by Gasteiger charge is 2.24. The third kappa shape index (κ3) is 5.79. The fourth-order valence-corrected chi connectivity index (χ4v) is 3.55. The number of hydrogen-bond donors (Lipinski definition) is 1. The molecule has 0 aliphatic heterocycles. The maximum Gasteiger partial charge on any atom is 0.0683 e. The molecule has 1 saturated carbocycles. The highest BCUT2D eigenvalue weighted by molar-refractivity contribution is 7.99. The molecular weight excluding hydrogens is 228 g/mol. The molecule has 0 heterocycles. The minimum atomic E-state index is -0.155. The SMILES string of the molecule is CCSC1CCC(NCCCC(C)(C)C#N)C1. The quantitative estimate of drug-likeness (QED) is 0.705. The first-order valence-electron chi connectivity index (χ1n) is 6.83. The lowest BCUT2D eigenvalue weighted by Gasteiger charge is -2.17. The van der Waals surface area contributed by atoms with E-state index in [9.17, 15) is 0 Å². The highest BCUT2D eigenvalue weighted by atomic mass is 32.2. The second kappa shape index (κ2) is 7.28. The molecule has 98 valence electrons. The lowest BCUT2D eigenvalue weighted by Crippen LogP contribution is -2.28. The van der Waals surface area contributed by atoms with Crippen LogP contribution in [-0.4, -0.2) is 23.6 Å². The van der Waals surface area contributed by atoms with Crippen molar-refractivity contribution < 1.29 is 0 Å². The normalized spacial score (nSPS) is 24.8. The average molecular weight is 254 g/mol. The van der Waals surface area contributed by atoms with Gasteiger partial charge >= 0.3 is 0 Å². The lowest BCUT2D eigenvalue weighted by molar-refractivity contribution is 0.412. The molecular formula is C14H26N2S. The van der Waals surface area contributed by atoms with Gasteiger partial charge in [0.2, 0.25) is 0 Å². The van der Waals surface area contributed by atoms with Gasteiger partial charge in [-0.25, -0.2) is 0 Å². The Bertz CT molecular complexity index is 257. The average Bonchev–Trinajstić information content (AvgIpc) is 2.73. The van der Waals surface area contributed by atoms with Crippen LogP contribution in [0.2, 0.25) is 0 Å². The van der Waals surface area contributed by atoms with Crippen LogP contribution in [0.4, 0.5) is 0 Å². The predicted molar refractivity (Wildman–Crippen MR) is 76.2 cm³/mol. The van der Waals surface area contributed by atoms with Gasteiger partial charge in [0.25, 0.3) is 0 Å². The standard InChI is InChI=1S/C14H26N2S/c1-4-17-13-7-6-12(10-13)16-9-5-8-14(2,3)11-15/h12-13,16H,4-10H2,1-3H3. The van der Waals surface area contributed by atoms with Gasteiger partial charge in [0.1, 0.15) is 0 Å². The van der Waals surface area contributed by atoms with E-state index in [1.807, 2.05) is 13.8 Å². The molecule has 1 rings (SSSR count). The third-order valence-electron chi connectivity index (χ3n) is 3.50. The summed E-state index contributed by atoms with van der Waals surface area (Å²) in [6.07, 6.45) is 6.15. The Kier molecular flexibility index (Phi) is 6.37. The van der Waals surface area contributed by atoms with Crippen molar-refractivity contribution in [1.29, 1.82) is 5.26 Å². The zero-order valence-electron chi connectivity index (χ0n) is 11.5. The summed E-state index contributed by atoms with van der Waals surface area (Å²) < 4.78 is 0. The van der Waals surface area contributed by atoms with Gasteiger partial charge in [-0.2, -0.15) is 17.0 Å². The summed E-state index contributed by atoms with van der Waals surface area (Å²) in [6.45, 7) is 7.36. The lowest BCUT2D eigenvalue weighted by atomic mass is 9.90. The molecule has 17 heavy (non-hydrogen) atoms. The van der Waals surface area contributed by atoms with Crippen molar-refractivity contribution in [2.24, 2.45) is 5.41 Å². The fraction of sp³-hybridized carbons (Fsp3) is 0.929. The minimum Gasteiger partial charge on any atom is -0.314 e. The molecule has 2 atom stereocenters. The van der Waals surface area contributed by atoms with E-state index in [-0.39, 0.29) is 5.41 Å². The summed E-state index contributed by atoms with van der Waals surface area (Å²) in [6, 6.07) is 3.09. The fourth-order valence-electron chi connectivity index (χ4n) is 2.41. The van der Waals surface area contributed by atoms with E-state index in [1.165, 1.54) is 25.0 Å². The summed E-state index contributed by atoms with van der Waals surface area (Å²) in [5.41, 5.74) is -0.155. The minimum absolute atomic E-state index is 0.155. The van der Waals surface area contributed by atoms with Crippen molar-refractivity contribution in [1.82, 2.24) is 5.32 Å². The monoisotopic (exact) mass is 254 g/mol. The Morgan fingerprint density at radius 2 is 2.18 bits per heavy atom. The van der Waals surface area contributed by atoms with Crippen molar-refractivity contribution in [3.63, 3.8) is 0 Å².